The lowest BCUT2D eigenvalue weighted by molar-refractivity contribution is 0.0594. The van der Waals surface area contributed by atoms with E-state index in [-0.39, 0.29) is 29.0 Å². The number of urea groups is 1. The summed E-state index contributed by atoms with van der Waals surface area (Å²) in [5, 5.41) is 5.92. The fourth-order valence-electron chi connectivity index (χ4n) is 4.94. The van der Waals surface area contributed by atoms with E-state index in [0.29, 0.717) is 41.7 Å². The highest BCUT2D eigenvalue weighted by Crippen LogP contribution is 2.36. The molecule has 0 radical (unpaired) electrons. The number of nitrogens with zero attached hydrogens (tertiary/aromatic N) is 2. The molecule has 3 heterocycles. The van der Waals surface area contributed by atoms with Gasteiger partial charge in [-0.25, -0.2) is 4.79 Å². The molecule has 0 aliphatic carbocycles. The van der Waals surface area contributed by atoms with Crippen molar-refractivity contribution >= 4 is 34.9 Å². The SMILES string of the molecule is COc1ccc(C(=O)N2CC3CC(C2)c2ccc(NC(=O)Nc4ccc(Cl)cc4)c(=O)n2C3)cc1. The Kier molecular flexibility index (Phi) is 6.21. The van der Waals surface area contributed by atoms with Crippen molar-refractivity contribution in [2.45, 2.75) is 18.9 Å². The summed E-state index contributed by atoms with van der Waals surface area (Å²) in [6, 6.07) is 16.8. The molecule has 35 heavy (non-hydrogen) atoms. The molecule has 3 amide bonds. The second-order valence-corrected chi connectivity index (χ2v) is 9.35. The Morgan fingerprint density at radius 2 is 1.69 bits per heavy atom. The van der Waals surface area contributed by atoms with E-state index in [1.165, 1.54) is 0 Å². The lowest BCUT2D eigenvalue weighted by atomic mass is 9.83. The van der Waals surface area contributed by atoms with E-state index in [1.807, 2.05) is 11.0 Å². The Hall–Kier alpha value is -3.78. The van der Waals surface area contributed by atoms with Gasteiger partial charge in [0.05, 0.1) is 7.11 Å². The minimum atomic E-state index is -0.503. The number of carbonyl (C=O) groups is 2. The zero-order chi connectivity index (χ0) is 24.5. The highest BCUT2D eigenvalue weighted by atomic mass is 35.5. The first-order valence-electron chi connectivity index (χ1n) is 11.4. The molecular weight excluding hydrogens is 468 g/mol. The molecule has 2 aliphatic heterocycles. The second-order valence-electron chi connectivity index (χ2n) is 8.91. The van der Waals surface area contributed by atoms with E-state index in [4.69, 9.17) is 16.3 Å². The average molecular weight is 493 g/mol. The molecule has 1 aromatic heterocycles. The van der Waals surface area contributed by atoms with Crippen molar-refractivity contribution in [2.24, 2.45) is 5.92 Å². The molecule has 1 saturated heterocycles. The van der Waals surface area contributed by atoms with Gasteiger partial charge in [-0.15, -0.1) is 0 Å². The minimum Gasteiger partial charge on any atom is -0.497 e. The number of hydrogen-bond donors (Lipinski definition) is 2. The molecule has 2 bridgehead atoms. The van der Waals surface area contributed by atoms with Crippen LogP contribution in [-0.2, 0) is 6.54 Å². The Morgan fingerprint density at radius 1 is 0.943 bits per heavy atom. The van der Waals surface area contributed by atoms with Gasteiger partial charge >= 0.3 is 6.03 Å². The average Bonchev–Trinajstić information content (AvgIpc) is 2.87. The van der Waals surface area contributed by atoms with Crippen molar-refractivity contribution in [2.75, 3.05) is 30.8 Å². The number of piperidine rings is 1. The van der Waals surface area contributed by atoms with Gasteiger partial charge in [-0.3, -0.25) is 9.59 Å². The van der Waals surface area contributed by atoms with Gasteiger partial charge in [-0.05, 0) is 73.0 Å². The van der Waals surface area contributed by atoms with Gasteiger partial charge in [0.15, 0.2) is 0 Å². The van der Waals surface area contributed by atoms with Crippen LogP contribution in [0.5, 0.6) is 5.75 Å². The molecule has 2 aromatic carbocycles. The number of aromatic nitrogens is 1. The molecule has 9 heteroatoms. The fraction of sp³-hybridized carbons (Fsp3) is 0.269. The van der Waals surface area contributed by atoms with Gasteiger partial charge in [-0.2, -0.15) is 0 Å². The van der Waals surface area contributed by atoms with Crippen LogP contribution in [0.1, 0.15) is 28.4 Å². The topological polar surface area (TPSA) is 92.7 Å². The van der Waals surface area contributed by atoms with Gasteiger partial charge in [0.25, 0.3) is 11.5 Å². The number of carbonyl (C=O) groups excluding carboxylic acids is 2. The number of pyridine rings is 1. The van der Waals surface area contributed by atoms with Crippen LogP contribution in [0.25, 0.3) is 0 Å². The molecule has 3 aromatic rings. The summed E-state index contributed by atoms with van der Waals surface area (Å²) < 4.78 is 6.92. The third kappa shape index (κ3) is 4.74. The summed E-state index contributed by atoms with van der Waals surface area (Å²) in [6.07, 6.45) is 0.926. The quantitative estimate of drug-likeness (QED) is 0.564. The Labute approximate surface area is 207 Å². The first kappa shape index (κ1) is 23.0. The molecule has 2 unspecified atom stereocenters. The van der Waals surface area contributed by atoms with E-state index in [2.05, 4.69) is 10.6 Å². The number of ether oxygens (including phenoxy) is 1. The predicted octanol–water partition coefficient (Wildman–Crippen LogP) is 4.41. The summed E-state index contributed by atoms with van der Waals surface area (Å²) in [5.74, 6) is 0.917. The second kappa shape index (κ2) is 9.46. The largest absolute Gasteiger partial charge is 0.497 e. The van der Waals surface area contributed by atoms with Gasteiger partial charge < -0.3 is 24.8 Å². The Balaban J connectivity index is 1.31. The molecule has 2 aliphatic rings. The number of rotatable bonds is 4. The van der Waals surface area contributed by atoms with Crippen LogP contribution in [-0.4, -0.2) is 41.6 Å². The summed E-state index contributed by atoms with van der Waals surface area (Å²) in [4.78, 5) is 40.6. The molecule has 1 fully saturated rings. The van der Waals surface area contributed by atoms with Gasteiger partial charge in [0, 0.05) is 47.5 Å². The maximum atomic E-state index is 13.2. The van der Waals surface area contributed by atoms with E-state index < -0.39 is 6.03 Å². The van der Waals surface area contributed by atoms with Crippen LogP contribution in [0.4, 0.5) is 16.2 Å². The number of halogens is 1. The number of anilines is 2. The van der Waals surface area contributed by atoms with Gasteiger partial charge in [0.2, 0.25) is 0 Å². The van der Waals surface area contributed by atoms with Crippen LogP contribution in [0.3, 0.4) is 0 Å². The Bertz CT molecular complexity index is 1320. The number of hydrogen-bond acceptors (Lipinski definition) is 4. The van der Waals surface area contributed by atoms with Crippen molar-refractivity contribution in [3.8, 4) is 5.75 Å². The number of fused-ring (bicyclic) bond motifs is 4. The van der Waals surface area contributed by atoms with Gasteiger partial charge in [0.1, 0.15) is 11.4 Å². The van der Waals surface area contributed by atoms with Crippen molar-refractivity contribution in [1.29, 1.82) is 0 Å². The number of methoxy groups -OCH3 is 1. The molecule has 0 saturated carbocycles. The van der Waals surface area contributed by atoms with Crippen molar-refractivity contribution < 1.29 is 14.3 Å². The first-order chi connectivity index (χ1) is 16.9. The molecule has 0 spiro atoms. The highest BCUT2D eigenvalue weighted by molar-refractivity contribution is 6.30. The highest BCUT2D eigenvalue weighted by Gasteiger charge is 2.37. The molecule has 8 nitrogen and oxygen atoms in total. The number of benzene rings is 2. The zero-order valence-electron chi connectivity index (χ0n) is 19.2. The third-order valence-corrected chi connectivity index (χ3v) is 6.83. The predicted molar refractivity (Wildman–Crippen MR) is 135 cm³/mol. The monoisotopic (exact) mass is 492 g/mol. The van der Waals surface area contributed by atoms with Crippen molar-refractivity contribution in [3.05, 3.63) is 87.3 Å². The number of amides is 3. The molecule has 2 atom stereocenters. The number of nitrogens with one attached hydrogen (secondary N) is 2. The van der Waals surface area contributed by atoms with Crippen molar-refractivity contribution in [3.63, 3.8) is 0 Å². The van der Waals surface area contributed by atoms with Crippen LogP contribution in [0, 0.1) is 5.92 Å². The van der Waals surface area contributed by atoms with Crippen LogP contribution in [0.15, 0.2) is 65.5 Å². The van der Waals surface area contributed by atoms with Crippen LogP contribution < -0.4 is 20.9 Å². The molecule has 2 N–H and O–H groups in total. The summed E-state index contributed by atoms with van der Waals surface area (Å²) in [7, 11) is 1.59. The van der Waals surface area contributed by atoms with Crippen LogP contribution in [0.2, 0.25) is 5.02 Å². The Morgan fingerprint density at radius 3 is 2.40 bits per heavy atom. The summed E-state index contributed by atoms with van der Waals surface area (Å²) in [6.45, 7) is 1.64. The molecule has 180 valence electrons. The third-order valence-electron chi connectivity index (χ3n) is 6.58. The first-order valence-corrected chi connectivity index (χ1v) is 11.8. The lowest BCUT2D eigenvalue weighted by Crippen LogP contribution is -2.49. The minimum absolute atomic E-state index is 0.0182. The van der Waals surface area contributed by atoms with Gasteiger partial charge in [-0.1, -0.05) is 11.6 Å². The summed E-state index contributed by atoms with van der Waals surface area (Å²) in [5.41, 5.74) is 2.06. The van der Waals surface area contributed by atoms with E-state index in [1.54, 1.807) is 66.3 Å². The van der Waals surface area contributed by atoms with Crippen molar-refractivity contribution in [1.82, 2.24) is 9.47 Å². The smallest absolute Gasteiger partial charge is 0.323 e. The van der Waals surface area contributed by atoms with Crippen LogP contribution >= 0.6 is 11.6 Å². The maximum absolute atomic E-state index is 13.2. The van der Waals surface area contributed by atoms with E-state index >= 15 is 0 Å². The normalized spacial score (nSPS) is 18.4. The standard InChI is InChI=1S/C26H25ClN4O4/c1-35-21-8-2-17(3-9-21)24(32)30-13-16-12-18(15-30)23-11-10-22(25(33)31(23)14-16)29-26(34)28-20-6-4-19(27)5-7-20/h2-11,16,18H,12-15H2,1H3,(H2,28,29,34). The van der Waals surface area contributed by atoms with E-state index in [9.17, 15) is 14.4 Å². The maximum Gasteiger partial charge on any atom is 0.323 e. The summed E-state index contributed by atoms with van der Waals surface area (Å²) >= 11 is 5.88. The number of likely N-dealkylation sites (tertiary alicyclic amines) is 1. The fourth-order valence-corrected chi connectivity index (χ4v) is 5.07. The molecular formula is C26H25ClN4O4. The lowest BCUT2D eigenvalue weighted by Gasteiger charge is -2.43. The zero-order valence-corrected chi connectivity index (χ0v) is 19.9. The van der Waals surface area contributed by atoms with E-state index in [0.717, 1.165) is 12.1 Å². The molecule has 5 rings (SSSR count).